The molecule has 0 fully saturated rings. The van der Waals surface area contributed by atoms with Gasteiger partial charge in [0.1, 0.15) is 12.6 Å². The molecule has 0 aliphatic carbocycles. The van der Waals surface area contributed by atoms with Gasteiger partial charge >= 0.3 is 0 Å². The lowest BCUT2D eigenvalue weighted by molar-refractivity contribution is -0.139. The smallest absolute Gasteiger partial charge is 0.244 e. The molecule has 1 N–H and O–H groups in total. The number of sulfonamides is 1. The molecule has 0 saturated heterocycles. The molecule has 0 aliphatic rings. The fourth-order valence-electron chi connectivity index (χ4n) is 3.48. The minimum Gasteiger partial charge on any atom is -0.354 e. The zero-order valence-corrected chi connectivity index (χ0v) is 21.3. The van der Waals surface area contributed by atoms with Crippen molar-refractivity contribution in [3.63, 3.8) is 0 Å². The molecule has 0 bridgehead atoms. The molecule has 0 heterocycles. The first-order chi connectivity index (χ1) is 15.4. The third kappa shape index (κ3) is 7.47. The number of amides is 2. The Hall–Kier alpha value is -2.58. The van der Waals surface area contributed by atoms with Crippen LogP contribution < -0.4 is 9.62 Å². The van der Waals surface area contributed by atoms with Crippen molar-refractivity contribution in [2.75, 3.05) is 23.7 Å². The number of aryl methyl sites for hydroxylation is 2. The molecule has 0 spiro atoms. The van der Waals surface area contributed by atoms with Gasteiger partial charge in [0.05, 0.1) is 11.9 Å². The van der Waals surface area contributed by atoms with E-state index < -0.39 is 28.5 Å². The van der Waals surface area contributed by atoms with Crippen LogP contribution in [0.25, 0.3) is 0 Å². The van der Waals surface area contributed by atoms with Crippen molar-refractivity contribution in [1.29, 1.82) is 0 Å². The van der Waals surface area contributed by atoms with E-state index in [0.717, 1.165) is 28.1 Å². The van der Waals surface area contributed by atoms with Crippen molar-refractivity contribution >= 4 is 39.1 Å². The third-order valence-electron chi connectivity index (χ3n) is 5.26. The SMILES string of the molecule is CCCNC(=O)[C@H](C)N(Cc1cccc(C)c1)C(=O)CN(c1ccc(Cl)cc1C)S(C)(=O)=O. The quantitative estimate of drug-likeness (QED) is 0.547. The van der Waals surface area contributed by atoms with Gasteiger partial charge in [0.25, 0.3) is 0 Å². The number of hydrogen-bond donors (Lipinski definition) is 1. The number of carbonyl (C=O) groups excluding carboxylic acids is 2. The van der Waals surface area contributed by atoms with Gasteiger partial charge in [-0.25, -0.2) is 8.42 Å². The highest BCUT2D eigenvalue weighted by Gasteiger charge is 2.30. The van der Waals surface area contributed by atoms with Crippen LogP contribution in [-0.4, -0.2) is 50.5 Å². The summed E-state index contributed by atoms with van der Waals surface area (Å²) < 4.78 is 26.3. The molecule has 0 unspecified atom stereocenters. The van der Waals surface area contributed by atoms with E-state index in [0.29, 0.717) is 22.8 Å². The summed E-state index contributed by atoms with van der Waals surface area (Å²) in [6.45, 7) is 7.51. The van der Waals surface area contributed by atoms with E-state index in [-0.39, 0.29) is 12.5 Å². The van der Waals surface area contributed by atoms with Crippen molar-refractivity contribution in [3.8, 4) is 0 Å². The van der Waals surface area contributed by atoms with Gasteiger partial charge in [-0.3, -0.25) is 13.9 Å². The molecule has 0 aromatic heterocycles. The molecule has 1 atom stereocenters. The van der Waals surface area contributed by atoms with Crippen LogP contribution in [0, 0.1) is 13.8 Å². The largest absolute Gasteiger partial charge is 0.354 e. The van der Waals surface area contributed by atoms with Gasteiger partial charge in [-0.2, -0.15) is 0 Å². The Kier molecular flexibility index (Phi) is 9.31. The van der Waals surface area contributed by atoms with E-state index in [2.05, 4.69) is 5.32 Å². The summed E-state index contributed by atoms with van der Waals surface area (Å²) in [5.41, 5.74) is 2.87. The lowest BCUT2D eigenvalue weighted by Crippen LogP contribution is -2.51. The lowest BCUT2D eigenvalue weighted by Gasteiger charge is -2.32. The van der Waals surface area contributed by atoms with Crippen LogP contribution in [0.2, 0.25) is 5.02 Å². The standard InChI is InChI=1S/C24H32ClN3O4S/c1-6-12-26-24(30)19(4)27(15-20-9-7-8-17(2)13-20)23(29)16-28(33(5,31)32)22-11-10-21(25)14-18(22)3/h7-11,13-14,19H,6,12,15-16H2,1-5H3,(H,26,30)/t19-/m0/s1. The van der Waals surface area contributed by atoms with Gasteiger partial charge in [0.15, 0.2) is 0 Å². The van der Waals surface area contributed by atoms with Crippen LogP contribution in [-0.2, 0) is 26.2 Å². The molecule has 180 valence electrons. The van der Waals surface area contributed by atoms with Crippen molar-refractivity contribution in [2.24, 2.45) is 0 Å². The lowest BCUT2D eigenvalue weighted by atomic mass is 10.1. The predicted octanol–water partition coefficient (Wildman–Crippen LogP) is 3.67. The molecule has 33 heavy (non-hydrogen) atoms. The maximum atomic E-state index is 13.5. The van der Waals surface area contributed by atoms with Gasteiger partial charge < -0.3 is 10.2 Å². The Bertz CT molecular complexity index is 1100. The van der Waals surface area contributed by atoms with Gasteiger partial charge in [-0.1, -0.05) is 48.4 Å². The van der Waals surface area contributed by atoms with E-state index in [1.807, 2.05) is 38.1 Å². The molecule has 2 rings (SSSR count). The molecule has 2 aromatic carbocycles. The minimum atomic E-state index is -3.78. The van der Waals surface area contributed by atoms with E-state index in [1.165, 1.54) is 4.90 Å². The first-order valence-electron chi connectivity index (χ1n) is 10.8. The van der Waals surface area contributed by atoms with Crippen LogP contribution >= 0.6 is 11.6 Å². The van der Waals surface area contributed by atoms with E-state index in [9.17, 15) is 18.0 Å². The average Bonchev–Trinajstić information content (AvgIpc) is 2.73. The molecule has 0 saturated carbocycles. The van der Waals surface area contributed by atoms with Crippen molar-refractivity contribution in [1.82, 2.24) is 10.2 Å². The first-order valence-corrected chi connectivity index (χ1v) is 13.0. The second kappa shape index (κ2) is 11.5. The van der Waals surface area contributed by atoms with Gasteiger partial charge in [0, 0.05) is 18.1 Å². The second-order valence-corrected chi connectivity index (χ2v) is 10.5. The second-order valence-electron chi connectivity index (χ2n) is 8.18. The van der Waals surface area contributed by atoms with Crippen molar-refractivity contribution in [3.05, 3.63) is 64.2 Å². The average molecular weight is 494 g/mol. The van der Waals surface area contributed by atoms with Crippen LogP contribution in [0.5, 0.6) is 0 Å². The monoisotopic (exact) mass is 493 g/mol. The molecule has 9 heteroatoms. The summed E-state index contributed by atoms with van der Waals surface area (Å²) in [7, 11) is -3.78. The Labute approximate surface area is 201 Å². The Morgan fingerprint density at radius 3 is 2.39 bits per heavy atom. The highest BCUT2D eigenvalue weighted by molar-refractivity contribution is 7.92. The van der Waals surface area contributed by atoms with Crippen LogP contribution in [0.4, 0.5) is 5.69 Å². The molecular weight excluding hydrogens is 462 g/mol. The van der Waals surface area contributed by atoms with E-state index >= 15 is 0 Å². The van der Waals surface area contributed by atoms with Crippen LogP contribution in [0.3, 0.4) is 0 Å². The summed E-state index contributed by atoms with van der Waals surface area (Å²) in [5.74, 6) is -0.762. The van der Waals surface area contributed by atoms with Crippen molar-refractivity contribution < 1.29 is 18.0 Å². The predicted molar refractivity (Wildman–Crippen MR) is 133 cm³/mol. The zero-order valence-electron chi connectivity index (χ0n) is 19.8. The van der Waals surface area contributed by atoms with Gasteiger partial charge in [0.2, 0.25) is 21.8 Å². The molecule has 2 amide bonds. The van der Waals surface area contributed by atoms with E-state index in [4.69, 9.17) is 11.6 Å². The maximum Gasteiger partial charge on any atom is 0.244 e. The highest BCUT2D eigenvalue weighted by Crippen LogP contribution is 2.26. The third-order valence-corrected chi connectivity index (χ3v) is 6.62. The normalized spacial score (nSPS) is 12.2. The maximum absolute atomic E-state index is 13.5. The number of benzene rings is 2. The number of carbonyl (C=O) groups is 2. The Morgan fingerprint density at radius 2 is 1.82 bits per heavy atom. The number of rotatable bonds is 10. The summed E-state index contributed by atoms with van der Waals surface area (Å²) >= 11 is 6.03. The highest BCUT2D eigenvalue weighted by atomic mass is 35.5. The molecular formula is C24H32ClN3O4S. The summed E-state index contributed by atoms with van der Waals surface area (Å²) in [5, 5.41) is 3.29. The Balaban J connectivity index is 2.40. The van der Waals surface area contributed by atoms with E-state index in [1.54, 1.807) is 32.0 Å². The van der Waals surface area contributed by atoms with Crippen LogP contribution in [0.15, 0.2) is 42.5 Å². The number of anilines is 1. The van der Waals surface area contributed by atoms with Gasteiger partial charge in [-0.05, 0) is 56.5 Å². The topological polar surface area (TPSA) is 86.8 Å². The Morgan fingerprint density at radius 1 is 1.12 bits per heavy atom. The summed E-state index contributed by atoms with van der Waals surface area (Å²) in [6, 6.07) is 11.7. The number of nitrogens with one attached hydrogen (secondary N) is 1. The first kappa shape index (κ1) is 26.7. The number of nitrogens with zero attached hydrogens (tertiary/aromatic N) is 2. The number of hydrogen-bond acceptors (Lipinski definition) is 4. The fraction of sp³-hybridized carbons (Fsp3) is 0.417. The minimum absolute atomic E-state index is 0.179. The molecule has 7 nitrogen and oxygen atoms in total. The molecule has 2 aromatic rings. The zero-order chi connectivity index (χ0) is 24.8. The van der Waals surface area contributed by atoms with Gasteiger partial charge in [-0.15, -0.1) is 0 Å². The summed E-state index contributed by atoms with van der Waals surface area (Å²) in [6.07, 6.45) is 1.82. The molecule has 0 aliphatic heterocycles. The fourth-order valence-corrected chi connectivity index (χ4v) is 4.61. The summed E-state index contributed by atoms with van der Waals surface area (Å²) in [4.78, 5) is 27.6. The number of halogens is 1. The molecule has 0 radical (unpaired) electrons. The van der Waals surface area contributed by atoms with Crippen LogP contribution in [0.1, 0.15) is 37.0 Å². The van der Waals surface area contributed by atoms with Crippen molar-refractivity contribution in [2.45, 2.75) is 46.7 Å².